The topological polar surface area (TPSA) is 55.1 Å². The van der Waals surface area contributed by atoms with Gasteiger partial charge in [0.2, 0.25) is 0 Å². The molecule has 0 aliphatic heterocycles. The third-order valence-corrected chi connectivity index (χ3v) is 3.78. The van der Waals surface area contributed by atoms with E-state index in [1.54, 1.807) is 0 Å². The number of carbonyl (C=O) groups is 1. The smallest absolute Gasteiger partial charge is 0.251 e. The van der Waals surface area contributed by atoms with E-state index in [-0.39, 0.29) is 5.91 Å². The van der Waals surface area contributed by atoms with Crippen LogP contribution in [0.5, 0.6) is 0 Å². The van der Waals surface area contributed by atoms with Crippen molar-refractivity contribution in [1.29, 1.82) is 0 Å². The SMILES string of the molecule is Cc1nc2cc(CNC(=O)c3ccc(C)c(C)c3)ccc2o1. The maximum atomic E-state index is 12.2. The van der Waals surface area contributed by atoms with Crippen LogP contribution in [0.15, 0.2) is 40.8 Å². The van der Waals surface area contributed by atoms with Crippen LogP contribution in [0.25, 0.3) is 11.1 Å². The molecule has 3 aromatic rings. The van der Waals surface area contributed by atoms with Gasteiger partial charge in [-0.3, -0.25) is 4.79 Å². The quantitative estimate of drug-likeness (QED) is 0.801. The average molecular weight is 294 g/mol. The lowest BCUT2D eigenvalue weighted by Gasteiger charge is -2.07. The molecule has 0 bridgehead atoms. The minimum Gasteiger partial charge on any atom is -0.441 e. The van der Waals surface area contributed by atoms with Gasteiger partial charge in [-0.25, -0.2) is 4.98 Å². The van der Waals surface area contributed by atoms with Gasteiger partial charge in [0.25, 0.3) is 5.91 Å². The van der Waals surface area contributed by atoms with Crippen LogP contribution >= 0.6 is 0 Å². The number of hydrogen-bond donors (Lipinski definition) is 1. The molecule has 0 aliphatic rings. The highest BCUT2D eigenvalue weighted by Gasteiger charge is 2.08. The summed E-state index contributed by atoms with van der Waals surface area (Å²) in [5.41, 5.74) is 5.56. The summed E-state index contributed by atoms with van der Waals surface area (Å²) in [5, 5.41) is 2.94. The molecule has 3 rings (SSSR count). The van der Waals surface area contributed by atoms with Crippen molar-refractivity contribution in [3.05, 3.63) is 64.5 Å². The lowest BCUT2D eigenvalue weighted by molar-refractivity contribution is 0.0951. The number of nitrogens with one attached hydrogen (secondary N) is 1. The highest BCUT2D eigenvalue weighted by atomic mass is 16.3. The minimum atomic E-state index is -0.0699. The van der Waals surface area contributed by atoms with Crippen LogP contribution in [0.2, 0.25) is 0 Å². The first-order chi connectivity index (χ1) is 10.5. The molecule has 1 heterocycles. The first-order valence-electron chi connectivity index (χ1n) is 7.24. The van der Waals surface area contributed by atoms with E-state index >= 15 is 0 Å². The summed E-state index contributed by atoms with van der Waals surface area (Å²) in [6.45, 7) is 6.33. The third kappa shape index (κ3) is 2.86. The molecule has 1 amide bonds. The summed E-state index contributed by atoms with van der Waals surface area (Å²) in [7, 11) is 0. The van der Waals surface area contributed by atoms with E-state index in [0.29, 0.717) is 18.0 Å². The van der Waals surface area contributed by atoms with E-state index in [0.717, 1.165) is 22.2 Å². The Hall–Kier alpha value is -2.62. The Balaban J connectivity index is 1.72. The second-order valence-corrected chi connectivity index (χ2v) is 5.52. The maximum Gasteiger partial charge on any atom is 0.251 e. The average Bonchev–Trinajstić information content (AvgIpc) is 2.86. The molecule has 4 heteroatoms. The minimum absolute atomic E-state index is 0.0699. The molecule has 112 valence electrons. The number of amides is 1. The number of carbonyl (C=O) groups excluding carboxylic acids is 1. The molecule has 0 aliphatic carbocycles. The van der Waals surface area contributed by atoms with E-state index in [1.165, 1.54) is 5.56 Å². The standard InChI is InChI=1S/C18H18N2O2/c1-11-4-6-15(8-12(11)2)18(21)19-10-14-5-7-17-16(9-14)20-13(3)22-17/h4-9H,10H2,1-3H3,(H,19,21). The van der Waals surface area contributed by atoms with E-state index in [1.807, 2.05) is 57.2 Å². The van der Waals surface area contributed by atoms with E-state index < -0.39 is 0 Å². The summed E-state index contributed by atoms with van der Waals surface area (Å²) in [6.07, 6.45) is 0. The molecular formula is C18H18N2O2. The lowest BCUT2D eigenvalue weighted by atomic mass is 10.1. The Morgan fingerprint density at radius 3 is 2.68 bits per heavy atom. The van der Waals surface area contributed by atoms with E-state index in [2.05, 4.69) is 10.3 Å². The zero-order chi connectivity index (χ0) is 15.7. The van der Waals surface area contributed by atoms with Gasteiger partial charge in [-0.15, -0.1) is 0 Å². The molecule has 1 aromatic heterocycles. The predicted octanol–water partition coefficient (Wildman–Crippen LogP) is 3.68. The second kappa shape index (κ2) is 5.64. The van der Waals surface area contributed by atoms with Crippen LogP contribution in [-0.4, -0.2) is 10.9 Å². The number of aryl methyl sites for hydroxylation is 3. The van der Waals surface area contributed by atoms with Gasteiger partial charge in [-0.2, -0.15) is 0 Å². The van der Waals surface area contributed by atoms with Gasteiger partial charge in [0.1, 0.15) is 5.52 Å². The van der Waals surface area contributed by atoms with Crippen LogP contribution in [0.3, 0.4) is 0 Å². The van der Waals surface area contributed by atoms with Crippen molar-refractivity contribution in [1.82, 2.24) is 10.3 Å². The Bertz CT molecular complexity index is 849. The molecule has 0 saturated carbocycles. The van der Waals surface area contributed by atoms with Crippen LogP contribution in [-0.2, 0) is 6.54 Å². The highest BCUT2D eigenvalue weighted by molar-refractivity contribution is 5.94. The fourth-order valence-corrected chi connectivity index (χ4v) is 2.37. The van der Waals surface area contributed by atoms with Crippen molar-refractivity contribution >= 4 is 17.0 Å². The number of hydrogen-bond acceptors (Lipinski definition) is 3. The first kappa shape index (κ1) is 14.3. The van der Waals surface area contributed by atoms with Gasteiger partial charge in [0.15, 0.2) is 11.5 Å². The number of rotatable bonds is 3. The Morgan fingerprint density at radius 2 is 1.91 bits per heavy atom. The van der Waals surface area contributed by atoms with Crippen LogP contribution in [0.1, 0.15) is 32.9 Å². The Morgan fingerprint density at radius 1 is 1.09 bits per heavy atom. The van der Waals surface area contributed by atoms with Gasteiger partial charge < -0.3 is 9.73 Å². The maximum absolute atomic E-state index is 12.2. The summed E-state index contributed by atoms with van der Waals surface area (Å²) < 4.78 is 5.44. The van der Waals surface area contributed by atoms with Crippen LogP contribution in [0, 0.1) is 20.8 Å². The fraction of sp³-hybridized carbons (Fsp3) is 0.222. The summed E-state index contributed by atoms with van der Waals surface area (Å²) >= 11 is 0. The lowest BCUT2D eigenvalue weighted by Crippen LogP contribution is -2.22. The summed E-state index contributed by atoms with van der Waals surface area (Å²) in [5.74, 6) is 0.575. The van der Waals surface area contributed by atoms with Crippen molar-refractivity contribution < 1.29 is 9.21 Å². The molecule has 0 spiro atoms. The van der Waals surface area contributed by atoms with E-state index in [9.17, 15) is 4.79 Å². The zero-order valence-corrected chi connectivity index (χ0v) is 12.9. The number of benzene rings is 2. The Labute approximate surface area is 129 Å². The van der Waals surface area contributed by atoms with Crippen molar-refractivity contribution in [3.8, 4) is 0 Å². The van der Waals surface area contributed by atoms with Gasteiger partial charge in [-0.1, -0.05) is 12.1 Å². The second-order valence-electron chi connectivity index (χ2n) is 5.52. The monoisotopic (exact) mass is 294 g/mol. The van der Waals surface area contributed by atoms with Gasteiger partial charge in [0.05, 0.1) is 0 Å². The van der Waals surface area contributed by atoms with Crippen molar-refractivity contribution in [2.45, 2.75) is 27.3 Å². The summed E-state index contributed by atoms with van der Waals surface area (Å²) in [4.78, 5) is 16.5. The van der Waals surface area contributed by atoms with Crippen molar-refractivity contribution in [2.24, 2.45) is 0 Å². The van der Waals surface area contributed by atoms with Gasteiger partial charge in [-0.05, 0) is 54.8 Å². The molecule has 4 nitrogen and oxygen atoms in total. The molecule has 0 saturated heterocycles. The molecular weight excluding hydrogens is 276 g/mol. The first-order valence-corrected chi connectivity index (χ1v) is 7.24. The van der Waals surface area contributed by atoms with Gasteiger partial charge >= 0.3 is 0 Å². The number of fused-ring (bicyclic) bond motifs is 1. The highest BCUT2D eigenvalue weighted by Crippen LogP contribution is 2.17. The third-order valence-electron chi connectivity index (χ3n) is 3.78. The molecule has 0 unspecified atom stereocenters. The van der Waals surface area contributed by atoms with Gasteiger partial charge in [0, 0.05) is 19.0 Å². The van der Waals surface area contributed by atoms with Crippen LogP contribution < -0.4 is 5.32 Å². The summed E-state index contributed by atoms with van der Waals surface area (Å²) in [6, 6.07) is 11.5. The molecule has 0 fully saturated rings. The number of oxazole rings is 1. The molecule has 0 atom stereocenters. The Kier molecular flexibility index (Phi) is 3.67. The molecule has 0 radical (unpaired) electrons. The fourth-order valence-electron chi connectivity index (χ4n) is 2.37. The molecule has 2 aromatic carbocycles. The van der Waals surface area contributed by atoms with Crippen molar-refractivity contribution in [3.63, 3.8) is 0 Å². The largest absolute Gasteiger partial charge is 0.441 e. The van der Waals surface area contributed by atoms with Crippen LogP contribution in [0.4, 0.5) is 0 Å². The molecule has 1 N–H and O–H groups in total. The normalized spacial score (nSPS) is 10.9. The zero-order valence-electron chi connectivity index (χ0n) is 12.9. The van der Waals surface area contributed by atoms with Crippen molar-refractivity contribution in [2.75, 3.05) is 0 Å². The number of aromatic nitrogens is 1. The molecule has 22 heavy (non-hydrogen) atoms. The van der Waals surface area contributed by atoms with E-state index in [4.69, 9.17) is 4.42 Å². The predicted molar refractivity (Wildman–Crippen MR) is 85.8 cm³/mol. The number of nitrogens with zero attached hydrogens (tertiary/aromatic N) is 1.